The summed E-state index contributed by atoms with van der Waals surface area (Å²) in [6.07, 6.45) is 10.0. The number of carbonyl (C=O) groups is 2. The van der Waals surface area contributed by atoms with Crippen molar-refractivity contribution in [3.63, 3.8) is 0 Å². The van der Waals surface area contributed by atoms with Gasteiger partial charge in [-0.05, 0) is 86.8 Å². The maximum atomic E-state index is 13.2. The molecule has 2 fully saturated rings. The van der Waals surface area contributed by atoms with E-state index in [0.29, 0.717) is 27.0 Å². The number of benzene rings is 2. The summed E-state index contributed by atoms with van der Waals surface area (Å²) in [5, 5.41) is 19.0. The molecule has 0 bridgehead atoms. The first-order chi connectivity index (χ1) is 31.8. The average Bonchev–Trinajstić information content (AvgIpc) is 4.16. The van der Waals surface area contributed by atoms with E-state index < -0.39 is 38.6 Å². The Labute approximate surface area is 390 Å². The van der Waals surface area contributed by atoms with Crippen LogP contribution >= 0.6 is 0 Å². The molecule has 0 saturated carbocycles. The standard InChI is InChI=1S/C24H32FN5O4S.C22H28N4O5S/c1-4-24(2,3)23-28-20-13-19(5-6-21(20)29(23)15-17-7-11-34-12-8-17)35(32,33)30-16-18(14-27-30)22(31)26-10-9-25;1-4-22(2,3)21-24-18-11-17(32(29,30)26-14-16(12-23-26)20(27)28)5-6-19(18)25(21)13-15-7-9-31-10-8-15/h5-6,13-14,16-17H,4,7-12,15H2,1-3H3,(H,26,31);5-6,11-12,14-15H,4,7-10,13H2,1-3H3,(H,27,28). The Balaban J connectivity index is 0.000000200. The number of ether oxygens (including phenoxy) is 2. The summed E-state index contributed by atoms with van der Waals surface area (Å²) in [7, 11) is -8.09. The summed E-state index contributed by atoms with van der Waals surface area (Å²) in [5.74, 6) is 1.000. The molecule has 362 valence electrons. The van der Waals surface area contributed by atoms with E-state index in [9.17, 15) is 30.8 Å². The van der Waals surface area contributed by atoms with Gasteiger partial charge in [0.25, 0.3) is 26.0 Å². The second kappa shape index (κ2) is 20.0. The van der Waals surface area contributed by atoms with Gasteiger partial charge in [0, 0.05) is 56.9 Å². The van der Waals surface area contributed by atoms with Crippen molar-refractivity contribution in [1.29, 1.82) is 0 Å². The number of fused-ring (bicyclic) bond motifs is 2. The Morgan fingerprint density at radius 3 is 1.52 bits per heavy atom. The molecule has 1 amide bonds. The molecule has 0 atom stereocenters. The topological polar surface area (TPSA) is 224 Å². The molecule has 0 radical (unpaired) electrons. The molecule has 67 heavy (non-hydrogen) atoms. The highest BCUT2D eigenvalue weighted by Crippen LogP contribution is 2.35. The Bertz CT molecular complexity index is 2960. The summed E-state index contributed by atoms with van der Waals surface area (Å²) in [6, 6.07) is 9.76. The van der Waals surface area contributed by atoms with Gasteiger partial charge in [0.05, 0.1) is 67.8 Å². The van der Waals surface area contributed by atoms with Crippen LogP contribution in [0.1, 0.15) is 112 Å². The van der Waals surface area contributed by atoms with Gasteiger partial charge < -0.3 is 29.0 Å². The number of aromatic carboxylic acids is 1. The Morgan fingerprint density at radius 2 is 1.13 bits per heavy atom. The van der Waals surface area contributed by atoms with Crippen LogP contribution in [0.4, 0.5) is 4.39 Å². The number of aromatic nitrogens is 8. The highest BCUT2D eigenvalue weighted by molar-refractivity contribution is 7.90. The minimum atomic E-state index is -4.05. The minimum Gasteiger partial charge on any atom is -0.478 e. The van der Waals surface area contributed by atoms with Gasteiger partial charge in [-0.2, -0.15) is 35.2 Å². The molecule has 0 spiro atoms. The fourth-order valence-corrected chi connectivity index (χ4v) is 10.5. The zero-order valence-corrected chi connectivity index (χ0v) is 40.4. The van der Waals surface area contributed by atoms with Crippen molar-refractivity contribution in [2.45, 2.75) is 114 Å². The van der Waals surface area contributed by atoms with Gasteiger partial charge >= 0.3 is 5.97 Å². The number of rotatable bonds is 16. The zero-order valence-electron chi connectivity index (χ0n) is 38.8. The van der Waals surface area contributed by atoms with Crippen LogP contribution in [0.25, 0.3) is 22.1 Å². The minimum absolute atomic E-state index is 0.0154. The van der Waals surface area contributed by atoms with Gasteiger partial charge in [-0.1, -0.05) is 41.5 Å². The van der Waals surface area contributed by atoms with Crippen LogP contribution in [0, 0.1) is 11.8 Å². The van der Waals surface area contributed by atoms with Crippen molar-refractivity contribution < 1.29 is 45.4 Å². The summed E-state index contributed by atoms with van der Waals surface area (Å²) in [4.78, 5) is 32.9. The predicted molar refractivity (Wildman–Crippen MR) is 248 cm³/mol. The summed E-state index contributed by atoms with van der Waals surface area (Å²) < 4.78 is 81.8. The molecule has 6 heterocycles. The van der Waals surface area contributed by atoms with Crippen LogP contribution in [0.5, 0.6) is 0 Å². The zero-order chi connectivity index (χ0) is 48.3. The quantitative estimate of drug-likeness (QED) is 0.105. The second-order valence-electron chi connectivity index (χ2n) is 18.4. The summed E-state index contributed by atoms with van der Waals surface area (Å²) in [6.45, 7) is 16.6. The number of hydrogen-bond donors (Lipinski definition) is 2. The Morgan fingerprint density at radius 1 is 0.716 bits per heavy atom. The molecular formula is C46H60FN9O9S2. The van der Waals surface area contributed by atoms with Crippen LogP contribution in [-0.4, -0.2) is 111 Å². The highest BCUT2D eigenvalue weighted by atomic mass is 32.2. The largest absolute Gasteiger partial charge is 0.478 e. The Hall–Kier alpha value is -5.51. The fraction of sp³-hybridized carbons (Fsp3) is 0.522. The second-order valence-corrected chi connectivity index (χ2v) is 22.0. The molecule has 8 rings (SSSR count). The lowest BCUT2D eigenvalue weighted by Crippen LogP contribution is -2.26. The smallest absolute Gasteiger partial charge is 0.338 e. The SMILES string of the molecule is CCC(C)(C)c1nc2cc(S(=O)(=O)n3cc(C(=O)NCCF)cn3)ccc2n1CC1CCOCC1.CCC(C)(C)c1nc2cc(S(=O)(=O)n3cc(C(=O)O)cn3)ccc2n1CC1CCOCC1. The number of nitrogens with one attached hydrogen (secondary N) is 1. The molecule has 2 aromatic carbocycles. The first-order valence-corrected chi connectivity index (χ1v) is 25.5. The molecule has 2 aliphatic rings. The van der Waals surface area contributed by atoms with E-state index in [0.717, 1.165) is 130 Å². The van der Waals surface area contributed by atoms with E-state index in [2.05, 4.69) is 66.2 Å². The molecule has 2 aliphatic heterocycles. The average molecular weight is 966 g/mol. The molecule has 4 aromatic heterocycles. The van der Waals surface area contributed by atoms with Crippen LogP contribution in [0.3, 0.4) is 0 Å². The number of carboxylic acids is 1. The van der Waals surface area contributed by atoms with Crippen molar-refractivity contribution in [3.05, 3.63) is 84.0 Å². The molecular weight excluding hydrogens is 906 g/mol. The van der Waals surface area contributed by atoms with Crippen molar-refractivity contribution in [3.8, 4) is 0 Å². The lowest BCUT2D eigenvalue weighted by atomic mass is 9.89. The third-order valence-electron chi connectivity index (χ3n) is 13.1. The molecule has 6 aromatic rings. The third kappa shape index (κ3) is 10.5. The molecule has 21 heteroatoms. The van der Waals surface area contributed by atoms with E-state index in [-0.39, 0.29) is 38.3 Å². The molecule has 18 nitrogen and oxygen atoms in total. The predicted octanol–water partition coefficient (Wildman–Crippen LogP) is 6.57. The molecule has 2 saturated heterocycles. The first kappa shape index (κ1) is 49.4. The van der Waals surface area contributed by atoms with Crippen LogP contribution in [0.15, 0.2) is 71.0 Å². The van der Waals surface area contributed by atoms with Gasteiger partial charge in [0.1, 0.15) is 18.3 Å². The lowest BCUT2D eigenvalue weighted by Gasteiger charge is -2.28. The van der Waals surface area contributed by atoms with Crippen LogP contribution in [-0.2, 0) is 53.4 Å². The van der Waals surface area contributed by atoms with Crippen LogP contribution in [0.2, 0.25) is 0 Å². The highest BCUT2D eigenvalue weighted by Gasteiger charge is 2.31. The number of nitrogens with zero attached hydrogens (tertiary/aromatic N) is 8. The number of amides is 1. The van der Waals surface area contributed by atoms with E-state index >= 15 is 0 Å². The van der Waals surface area contributed by atoms with Gasteiger partial charge in [0.15, 0.2) is 0 Å². The molecule has 0 aliphatic carbocycles. The normalized spacial score (nSPS) is 15.7. The van der Waals surface area contributed by atoms with Gasteiger partial charge in [-0.25, -0.2) is 19.2 Å². The third-order valence-corrected chi connectivity index (χ3v) is 16.2. The van der Waals surface area contributed by atoms with Gasteiger partial charge in [-0.3, -0.25) is 4.79 Å². The van der Waals surface area contributed by atoms with Gasteiger partial charge in [-0.15, -0.1) is 0 Å². The monoisotopic (exact) mass is 965 g/mol. The van der Waals surface area contributed by atoms with Crippen molar-refractivity contribution >= 4 is 54.0 Å². The molecule has 2 N–H and O–H groups in total. The van der Waals surface area contributed by atoms with Crippen LogP contribution < -0.4 is 5.32 Å². The van der Waals surface area contributed by atoms with Gasteiger partial charge in [0.2, 0.25) is 0 Å². The number of carboxylic acid groups (broad SMARTS) is 1. The summed E-state index contributed by atoms with van der Waals surface area (Å²) >= 11 is 0. The van der Waals surface area contributed by atoms with E-state index in [1.165, 1.54) is 6.07 Å². The van der Waals surface area contributed by atoms with Crippen molar-refractivity contribution in [1.82, 2.24) is 42.8 Å². The lowest BCUT2D eigenvalue weighted by molar-refractivity contribution is 0.0609. The number of hydrogen-bond acceptors (Lipinski definition) is 12. The first-order valence-electron chi connectivity index (χ1n) is 22.7. The van der Waals surface area contributed by atoms with E-state index in [4.69, 9.17) is 24.5 Å². The number of carbonyl (C=O) groups excluding carboxylic acids is 1. The van der Waals surface area contributed by atoms with Crippen molar-refractivity contribution in [2.75, 3.05) is 39.6 Å². The number of halogens is 1. The number of alkyl halides is 1. The van der Waals surface area contributed by atoms with Crippen molar-refractivity contribution in [2.24, 2.45) is 11.8 Å². The van der Waals surface area contributed by atoms with E-state index in [1.54, 1.807) is 30.3 Å². The molecule has 0 unspecified atom stereocenters. The maximum Gasteiger partial charge on any atom is 0.338 e. The maximum absolute atomic E-state index is 13.2. The van der Waals surface area contributed by atoms with E-state index in [1.807, 2.05) is 0 Å². The summed E-state index contributed by atoms with van der Waals surface area (Å²) in [5.41, 5.74) is 2.45. The Kier molecular flexibility index (Phi) is 14.7. The fourth-order valence-electron chi connectivity index (χ4n) is 8.21. The number of imidazole rings is 2.